The van der Waals surface area contributed by atoms with Crippen LogP contribution in [-0.4, -0.2) is 5.11 Å². The highest BCUT2D eigenvalue weighted by atomic mass is 16.3. The topological polar surface area (TPSA) is 20.2 Å². The van der Waals surface area contributed by atoms with Crippen molar-refractivity contribution >= 4 is 0 Å². The highest BCUT2D eigenvalue weighted by molar-refractivity contribution is 5.45. The lowest BCUT2D eigenvalue weighted by molar-refractivity contribution is 0.473. The molecule has 0 aliphatic rings. The fourth-order valence-corrected chi connectivity index (χ4v) is 0.765. The van der Waals surface area contributed by atoms with Gasteiger partial charge in [-0.2, -0.15) is 0 Å². The van der Waals surface area contributed by atoms with Crippen LogP contribution >= 0.6 is 0 Å². The van der Waals surface area contributed by atoms with E-state index in [2.05, 4.69) is 5.92 Å². The smallest absolute Gasteiger partial charge is 0.131 e. The molecule has 0 saturated heterocycles. The van der Waals surface area contributed by atoms with Crippen molar-refractivity contribution in [1.82, 2.24) is 0 Å². The first-order chi connectivity index (χ1) is 4.74. The summed E-state index contributed by atoms with van der Waals surface area (Å²) in [6.07, 6.45) is 5.11. The van der Waals surface area contributed by atoms with Crippen molar-refractivity contribution < 1.29 is 5.11 Å². The second kappa shape index (κ2) is 2.45. The summed E-state index contributed by atoms with van der Waals surface area (Å²) in [7, 11) is 0. The lowest BCUT2D eigenvalue weighted by Crippen LogP contribution is -1.77. The molecule has 0 fully saturated rings. The molecule has 0 bridgehead atoms. The maximum absolute atomic E-state index is 9.09. The quantitative estimate of drug-likeness (QED) is 0.532. The summed E-state index contributed by atoms with van der Waals surface area (Å²) >= 11 is 0. The van der Waals surface area contributed by atoms with Crippen LogP contribution in [0.15, 0.2) is 18.2 Å². The number of phenols is 1. The molecule has 0 unspecified atom stereocenters. The van der Waals surface area contributed by atoms with Crippen LogP contribution in [0.25, 0.3) is 0 Å². The summed E-state index contributed by atoms with van der Waals surface area (Å²) in [4.78, 5) is 0. The average molecular weight is 132 g/mol. The van der Waals surface area contributed by atoms with E-state index in [0.29, 0.717) is 5.56 Å². The number of rotatable bonds is 0. The molecule has 0 aliphatic carbocycles. The monoisotopic (exact) mass is 132 g/mol. The van der Waals surface area contributed by atoms with E-state index in [0.717, 1.165) is 5.56 Å². The molecule has 1 heteroatoms. The van der Waals surface area contributed by atoms with Crippen LogP contribution in [0.5, 0.6) is 5.75 Å². The molecule has 0 heterocycles. The van der Waals surface area contributed by atoms with Crippen molar-refractivity contribution in [2.24, 2.45) is 0 Å². The predicted molar refractivity (Wildman–Crippen MR) is 40.8 cm³/mol. The van der Waals surface area contributed by atoms with Crippen molar-refractivity contribution in [3.8, 4) is 18.1 Å². The van der Waals surface area contributed by atoms with Gasteiger partial charge in [-0.05, 0) is 24.6 Å². The molecule has 1 rings (SSSR count). The first kappa shape index (κ1) is 6.70. The summed E-state index contributed by atoms with van der Waals surface area (Å²) in [6.45, 7) is 1.93. The Kier molecular flexibility index (Phi) is 1.64. The first-order valence-electron chi connectivity index (χ1n) is 3.00. The Balaban J connectivity index is 3.25. The molecule has 1 aromatic rings. The van der Waals surface area contributed by atoms with Gasteiger partial charge in [-0.15, -0.1) is 6.42 Å². The van der Waals surface area contributed by atoms with Crippen LogP contribution in [0.3, 0.4) is 0 Å². The normalized spacial score (nSPS) is 8.80. The summed E-state index contributed by atoms with van der Waals surface area (Å²) in [5.74, 6) is 2.56. The molecular weight excluding hydrogens is 124 g/mol. The van der Waals surface area contributed by atoms with Gasteiger partial charge in [0.25, 0.3) is 0 Å². The van der Waals surface area contributed by atoms with Crippen molar-refractivity contribution in [1.29, 1.82) is 0 Å². The van der Waals surface area contributed by atoms with Crippen LogP contribution in [0, 0.1) is 19.3 Å². The number of phenolic OH excluding ortho intramolecular Hbond substituents is 1. The highest BCUT2D eigenvalue weighted by Crippen LogP contribution is 2.15. The molecule has 10 heavy (non-hydrogen) atoms. The van der Waals surface area contributed by atoms with E-state index in [1.54, 1.807) is 12.1 Å². The second-order valence-corrected chi connectivity index (χ2v) is 2.16. The standard InChI is InChI=1S/C9H8O/c1-3-8-6-7(2)4-5-9(8)10/h1,4-6,10H,2H3. The summed E-state index contributed by atoms with van der Waals surface area (Å²) in [5.41, 5.74) is 1.62. The molecule has 0 spiro atoms. The first-order valence-corrected chi connectivity index (χ1v) is 3.00. The molecule has 0 aromatic heterocycles. The number of aromatic hydroxyl groups is 1. The highest BCUT2D eigenvalue weighted by Gasteiger charge is 1.94. The number of benzene rings is 1. The van der Waals surface area contributed by atoms with Crippen LogP contribution in [0.4, 0.5) is 0 Å². The van der Waals surface area contributed by atoms with Gasteiger partial charge < -0.3 is 5.11 Å². The zero-order valence-electron chi connectivity index (χ0n) is 5.76. The lowest BCUT2D eigenvalue weighted by atomic mass is 10.1. The zero-order chi connectivity index (χ0) is 7.56. The minimum absolute atomic E-state index is 0.174. The molecule has 50 valence electrons. The Morgan fingerprint density at radius 1 is 1.50 bits per heavy atom. The third kappa shape index (κ3) is 1.11. The van der Waals surface area contributed by atoms with Gasteiger partial charge in [0.1, 0.15) is 5.75 Å². The molecule has 0 radical (unpaired) electrons. The van der Waals surface area contributed by atoms with Crippen LogP contribution in [0.2, 0.25) is 0 Å². The fourth-order valence-electron chi connectivity index (χ4n) is 0.765. The van der Waals surface area contributed by atoms with Gasteiger partial charge in [0.05, 0.1) is 5.56 Å². The minimum Gasteiger partial charge on any atom is -0.507 e. The van der Waals surface area contributed by atoms with Gasteiger partial charge in [0.2, 0.25) is 0 Å². The summed E-state index contributed by atoms with van der Waals surface area (Å²) in [5, 5.41) is 9.09. The van der Waals surface area contributed by atoms with E-state index in [9.17, 15) is 0 Å². The van der Waals surface area contributed by atoms with Gasteiger partial charge >= 0.3 is 0 Å². The Bertz CT molecular complexity index is 281. The molecule has 0 amide bonds. The van der Waals surface area contributed by atoms with Crippen LogP contribution < -0.4 is 0 Å². The predicted octanol–water partition coefficient (Wildman–Crippen LogP) is 1.68. The zero-order valence-corrected chi connectivity index (χ0v) is 5.76. The van der Waals surface area contributed by atoms with Gasteiger partial charge in [0.15, 0.2) is 0 Å². The fraction of sp³-hybridized carbons (Fsp3) is 0.111. The Hall–Kier alpha value is -1.42. The molecule has 0 atom stereocenters. The molecule has 1 aromatic carbocycles. The maximum Gasteiger partial charge on any atom is 0.131 e. The molecule has 1 nitrogen and oxygen atoms in total. The van der Waals surface area contributed by atoms with Crippen molar-refractivity contribution in [3.63, 3.8) is 0 Å². The third-order valence-electron chi connectivity index (χ3n) is 1.31. The maximum atomic E-state index is 9.09. The third-order valence-corrected chi connectivity index (χ3v) is 1.31. The van der Waals surface area contributed by atoms with Gasteiger partial charge in [-0.25, -0.2) is 0 Å². The Morgan fingerprint density at radius 3 is 2.70 bits per heavy atom. The van der Waals surface area contributed by atoms with Crippen molar-refractivity contribution in [2.75, 3.05) is 0 Å². The van der Waals surface area contributed by atoms with E-state index in [4.69, 9.17) is 11.5 Å². The van der Waals surface area contributed by atoms with Crippen LogP contribution in [-0.2, 0) is 0 Å². The van der Waals surface area contributed by atoms with Crippen LogP contribution in [0.1, 0.15) is 11.1 Å². The molecular formula is C9H8O. The number of hydrogen-bond donors (Lipinski definition) is 1. The summed E-state index contributed by atoms with van der Waals surface area (Å²) < 4.78 is 0. The van der Waals surface area contributed by atoms with E-state index in [-0.39, 0.29) is 5.75 Å². The van der Waals surface area contributed by atoms with Gasteiger partial charge in [-0.3, -0.25) is 0 Å². The molecule has 0 aliphatic heterocycles. The van der Waals surface area contributed by atoms with E-state index in [1.165, 1.54) is 0 Å². The SMILES string of the molecule is C#Cc1cc(C)ccc1O. The largest absolute Gasteiger partial charge is 0.507 e. The van der Waals surface area contributed by atoms with E-state index >= 15 is 0 Å². The minimum atomic E-state index is 0.174. The van der Waals surface area contributed by atoms with Gasteiger partial charge in [0, 0.05) is 0 Å². The van der Waals surface area contributed by atoms with Crippen molar-refractivity contribution in [2.45, 2.75) is 6.92 Å². The lowest BCUT2D eigenvalue weighted by Gasteiger charge is -1.96. The molecule has 0 saturated carbocycles. The Labute approximate surface area is 60.3 Å². The Morgan fingerprint density at radius 2 is 2.20 bits per heavy atom. The second-order valence-electron chi connectivity index (χ2n) is 2.16. The number of aryl methyl sites for hydroxylation is 1. The molecule has 1 N–H and O–H groups in total. The van der Waals surface area contributed by atoms with Gasteiger partial charge in [-0.1, -0.05) is 12.0 Å². The van der Waals surface area contributed by atoms with Crippen molar-refractivity contribution in [3.05, 3.63) is 29.3 Å². The summed E-state index contributed by atoms with van der Waals surface area (Å²) in [6, 6.07) is 5.19. The number of hydrogen-bond acceptors (Lipinski definition) is 1. The average Bonchev–Trinajstić information content (AvgIpc) is 1.94. The number of terminal acetylenes is 1. The van der Waals surface area contributed by atoms with E-state index < -0.39 is 0 Å². The van der Waals surface area contributed by atoms with E-state index in [1.807, 2.05) is 13.0 Å².